The lowest BCUT2D eigenvalue weighted by atomic mass is 9.89. The van der Waals surface area contributed by atoms with E-state index in [4.69, 9.17) is 10.5 Å². The molecule has 0 spiro atoms. The van der Waals surface area contributed by atoms with Crippen LogP contribution >= 0.6 is 12.4 Å². The lowest BCUT2D eigenvalue weighted by Gasteiger charge is -2.25. The van der Waals surface area contributed by atoms with Crippen LogP contribution in [0.25, 0.3) is 0 Å². The van der Waals surface area contributed by atoms with Gasteiger partial charge in [-0.15, -0.1) is 12.4 Å². The Bertz CT molecular complexity index is 628. The smallest absolute Gasteiger partial charge is 0.276 e. The Hall–Kier alpha value is -1.86. The number of rotatable bonds is 5. The van der Waals surface area contributed by atoms with E-state index in [0.717, 1.165) is 19.4 Å². The number of aromatic nitrogens is 1. The van der Waals surface area contributed by atoms with Gasteiger partial charge >= 0.3 is 0 Å². The molecule has 138 valence electrons. The fraction of sp³-hybridized carbons (Fsp3) is 0.588. The minimum atomic E-state index is -0.148. The Balaban J connectivity index is 0.00000225. The molecule has 1 saturated heterocycles. The summed E-state index contributed by atoms with van der Waals surface area (Å²) >= 11 is 0. The number of carbonyl (C=O) groups excluding carboxylic acids is 2. The molecule has 0 aromatic carbocycles. The largest absolute Gasteiger partial charge is 0.490 e. The average Bonchev–Trinajstić information content (AvgIpc) is 3.02. The highest BCUT2D eigenvalue weighted by Crippen LogP contribution is 2.38. The Morgan fingerprint density at radius 2 is 2.20 bits per heavy atom. The van der Waals surface area contributed by atoms with Gasteiger partial charge in [-0.3, -0.25) is 9.59 Å². The highest BCUT2D eigenvalue weighted by molar-refractivity contribution is 5.95. The minimum absolute atomic E-state index is 0. The predicted molar refractivity (Wildman–Crippen MR) is 95.8 cm³/mol. The van der Waals surface area contributed by atoms with Crippen molar-refractivity contribution >= 4 is 24.2 Å². The second-order valence-corrected chi connectivity index (χ2v) is 6.56. The van der Waals surface area contributed by atoms with Gasteiger partial charge in [0.1, 0.15) is 6.61 Å². The molecule has 1 saturated carbocycles. The van der Waals surface area contributed by atoms with E-state index < -0.39 is 0 Å². The Morgan fingerprint density at radius 1 is 1.44 bits per heavy atom. The van der Waals surface area contributed by atoms with Crippen molar-refractivity contribution in [3.05, 3.63) is 24.0 Å². The van der Waals surface area contributed by atoms with Crippen molar-refractivity contribution in [2.24, 2.45) is 17.6 Å². The van der Waals surface area contributed by atoms with E-state index in [-0.39, 0.29) is 30.3 Å². The van der Waals surface area contributed by atoms with E-state index >= 15 is 0 Å². The number of fused-ring (bicyclic) bond motifs is 1. The molecule has 8 heteroatoms. The van der Waals surface area contributed by atoms with Crippen LogP contribution in [0.3, 0.4) is 0 Å². The van der Waals surface area contributed by atoms with Crippen LogP contribution in [0.4, 0.5) is 0 Å². The summed E-state index contributed by atoms with van der Waals surface area (Å²) in [6.45, 7) is 1.44. The molecule has 1 aliphatic carbocycles. The standard InChI is InChI=1S/C17H24N4O3.ClH/c1-21(13-7-11-9-15(22)20-10-12(11)8-13)17(23)16-14(24-6-4-18)3-2-5-19-16;/h2-3,5,11-13H,4,6-10,18H2,1H3,(H,20,22);1H/t11-,12+,13-;/m0./s1. The summed E-state index contributed by atoms with van der Waals surface area (Å²) in [5.74, 6) is 1.26. The van der Waals surface area contributed by atoms with Crippen LogP contribution in [-0.2, 0) is 4.79 Å². The van der Waals surface area contributed by atoms with Gasteiger partial charge in [0.25, 0.3) is 5.91 Å². The molecule has 2 heterocycles. The van der Waals surface area contributed by atoms with E-state index in [0.29, 0.717) is 42.9 Å². The second-order valence-electron chi connectivity index (χ2n) is 6.56. The highest BCUT2D eigenvalue weighted by Gasteiger charge is 2.41. The van der Waals surface area contributed by atoms with Crippen molar-refractivity contribution in [3.8, 4) is 5.75 Å². The van der Waals surface area contributed by atoms with Gasteiger partial charge in [0.15, 0.2) is 11.4 Å². The monoisotopic (exact) mass is 368 g/mol. The van der Waals surface area contributed by atoms with Crippen LogP contribution in [0.15, 0.2) is 18.3 Å². The number of carbonyl (C=O) groups is 2. The second kappa shape index (κ2) is 8.49. The summed E-state index contributed by atoms with van der Waals surface area (Å²) in [6, 6.07) is 3.61. The van der Waals surface area contributed by atoms with Crippen LogP contribution in [0.2, 0.25) is 0 Å². The third-order valence-electron chi connectivity index (χ3n) is 5.04. The number of nitrogens with one attached hydrogen (secondary N) is 1. The van der Waals surface area contributed by atoms with Crippen molar-refractivity contribution in [2.75, 3.05) is 26.7 Å². The summed E-state index contributed by atoms with van der Waals surface area (Å²) < 4.78 is 5.54. The maximum absolute atomic E-state index is 12.9. The van der Waals surface area contributed by atoms with Gasteiger partial charge in [0.05, 0.1) is 0 Å². The molecule has 0 bridgehead atoms. The molecule has 1 aliphatic heterocycles. The summed E-state index contributed by atoms with van der Waals surface area (Å²) in [7, 11) is 1.81. The first kappa shape index (κ1) is 19.5. The van der Waals surface area contributed by atoms with Crippen LogP contribution in [-0.4, -0.2) is 54.5 Å². The third-order valence-corrected chi connectivity index (χ3v) is 5.04. The number of pyridine rings is 1. The number of hydrogen-bond acceptors (Lipinski definition) is 5. The Morgan fingerprint density at radius 3 is 2.96 bits per heavy atom. The molecule has 1 aromatic heterocycles. The molecule has 3 atom stereocenters. The number of piperidine rings is 1. The zero-order chi connectivity index (χ0) is 17.1. The molecule has 25 heavy (non-hydrogen) atoms. The van der Waals surface area contributed by atoms with Crippen molar-refractivity contribution in [1.82, 2.24) is 15.2 Å². The fourth-order valence-electron chi connectivity index (χ4n) is 3.72. The molecule has 2 amide bonds. The lowest BCUT2D eigenvalue weighted by Crippen LogP contribution is -2.38. The molecular formula is C17H25ClN4O3. The predicted octanol–water partition coefficient (Wildman–Crippen LogP) is 0.828. The Labute approximate surface area is 153 Å². The van der Waals surface area contributed by atoms with Gasteiger partial charge in [-0.05, 0) is 36.8 Å². The van der Waals surface area contributed by atoms with Crippen LogP contribution < -0.4 is 15.8 Å². The normalized spacial score (nSPS) is 24.7. The molecule has 2 fully saturated rings. The lowest BCUT2D eigenvalue weighted by molar-refractivity contribution is -0.124. The number of amides is 2. The number of nitrogens with zero attached hydrogens (tertiary/aromatic N) is 2. The maximum atomic E-state index is 12.9. The zero-order valence-electron chi connectivity index (χ0n) is 14.3. The van der Waals surface area contributed by atoms with Gasteiger partial charge in [0, 0.05) is 38.8 Å². The number of halogens is 1. The molecule has 3 rings (SSSR count). The minimum Gasteiger partial charge on any atom is -0.490 e. The summed E-state index contributed by atoms with van der Waals surface area (Å²) in [6.07, 6.45) is 3.94. The van der Waals surface area contributed by atoms with Crippen LogP contribution in [0.5, 0.6) is 5.75 Å². The van der Waals surface area contributed by atoms with Gasteiger partial charge < -0.3 is 20.7 Å². The van der Waals surface area contributed by atoms with Gasteiger partial charge in [0.2, 0.25) is 5.91 Å². The average molecular weight is 369 g/mol. The number of hydrogen-bond donors (Lipinski definition) is 2. The summed E-state index contributed by atoms with van der Waals surface area (Å²) in [4.78, 5) is 30.4. The topological polar surface area (TPSA) is 97.6 Å². The van der Waals surface area contributed by atoms with Gasteiger partial charge in [-0.25, -0.2) is 4.98 Å². The molecule has 1 aromatic rings. The highest BCUT2D eigenvalue weighted by atomic mass is 35.5. The van der Waals surface area contributed by atoms with Crippen molar-refractivity contribution < 1.29 is 14.3 Å². The van der Waals surface area contributed by atoms with Crippen molar-refractivity contribution in [3.63, 3.8) is 0 Å². The molecule has 0 radical (unpaired) electrons. The molecule has 7 nitrogen and oxygen atoms in total. The molecule has 2 aliphatic rings. The number of ether oxygens (including phenoxy) is 1. The quantitative estimate of drug-likeness (QED) is 0.802. The first-order valence-corrected chi connectivity index (χ1v) is 8.42. The first-order valence-electron chi connectivity index (χ1n) is 8.42. The summed E-state index contributed by atoms with van der Waals surface area (Å²) in [5.41, 5.74) is 5.78. The van der Waals surface area contributed by atoms with E-state index in [2.05, 4.69) is 10.3 Å². The van der Waals surface area contributed by atoms with E-state index in [9.17, 15) is 9.59 Å². The van der Waals surface area contributed by atoms with Gasteiger partial charge in [-0.2, -0.15) is 0 Å². The molecule has 3 N–H and O–H groups in total. The van der Waals surface area contributed by atoms with Crippen molar-refractivity contribution in [2.45, 2.75) is 25.3 Å². The number of nitrogens with two attached hydrogens (primary N) is 1. The van der Waals surface area contributed by atoms with Crippen molar-refractivity contribution in [1.29, 1.82) is 0 Å². The van der Waals surface area contributed by atoms with Gasteiger partial charge in [-0.1, -0.05) is 0 Å². The zero-order valence-corrected chi connectivity index (χ0v) is 15.1. The van der Waals surface area contributed by atoms with Crippen LogP contribution in [0, 0.1) is 11.8 Å². The van der Waals surface area contributed by atoms with E-state index in [1.165, 1.54) is 0 Å². The first-order chi connectivity index (χ1) is 11.6. The fourth-order valence-corrected chi connectivity index (χ4v) is 3.72. The Kier molecular flexibility index (Phi) is 6.61. The van der Waals surface area contributed by atoms with Crippen LogP contribution in [0.1, 0.15) is 29.8 Å². The SMILES string of the molecule is CN(C(=O)c1ncccc1OCCN)[C@H]1C[C@H]2CC(=O)NC[C@H]2C1.Cl. The van der Waals surface area contributed by atoms with E-state index in [1.54, 1.807) is 30.3 Å². The molecular weight excluding hydrogens is 344 g/mol. The molecule has 0 unspecified atom stereocenters. The third kappa shape index (κ3) is 4.22. The van der Waals surface area contributed by atoms with E-state index in [1.807, 2.05) is 0 Å². The maximum Gasteiger partial charge on any atom is 0.276 e. The summed E-state index contributed by atoms with van der Waals surface area (Å²) in [5, 5.41) is 2.92.